The van der Waals surface area contributed by atoms with E-state index in [9.17, 15) is 19.5 Å². The molecule has 3 rings (SSSR count). The number of carbonyl (C=O) groups is 3. The fourth-order valence-corrected chi connectivity index (χ4v) is 2.59. The second-order valence-corrected chi connectivity index (χ2v) is 6.32. The molecule has 1 aromatic carbocycles. The maximum absolute atomic E-state index is 12.0. The zero-order valence-corrected chi connectivity index (χ0v) is 13.6. The average molecular weight is 348 g/mol. The molecule has 2 fully saturated rings. The summed E-state index contributed by atoms with van der Waals surface area (Å²) in [5.74, 6) is -1.17. The summed E-state index contributed by atoms with van der Waals surface area (Å²) in [5.41, 5.74) is -0.790. The van der Waals surface area contributed by atoms with Crippen molar-refractivity contribution in [3.63, 3.8) is 0 Å². The van der Waals surface area contributed by atoms with E-state index in [-0.39, 0.29) is 38.1 Å². The van der Waals surface area contributed by atoms with Gasteiger partial charge in [0.15, 0.2) is 12.1 Å². The van der Waals surface area contributed by atoms with Crippen LogP contribution in [0.2, 0.25) is 0 Å². The van der Waals surface area contributed by atoms with E-state index in [2.05, 4.69) is 10.6 Å². The molecule has 1 heterocycles. The largest absolute Gasteiger partial charge is 0.484 e. The monoisotopic (exact) mass is 348 g/mol. The van der Waals surface area contributed by atoms with Gasteiger partial charge < -0.3 is 25.2 Å². The summed E-state index contributed by atoms with van der Waals surface area (Å²) in [5, 5.41) is 14.6. The van der Waals surface area contributed by atoms with Crippen LogP contribution in [0.15, 0.2) is 24.3 Å². The Bertz CT molecular complexity index is 679. The first-order valence-corrected chi connectivity index (χ1v) is 8.14. The second-order valence-electron chi connectivity index (χ2n) is 6.32. The third kappa shape index (κ3) is 4.27. The van der Waals surface area contributed by atoms with Crippen molar-refractivity contribution < 1.29 is 29.0 Å². The number of carboxylic acid groups (broad SMARTS) is 1. The van der Waals surface area contributed by atoms with E-state index in [0.29, 0.717) is 11.4 Å². The third-order valence-electron chi connectivity index (χ3n) is 4.23. The normalized spacial score (nSPS) is 22.2. The molecule has 1 aliphatic heterocycles. The molecule has 1 atom stereocenters. The van der Waals surface area contributed by atoms with Gasteiger partial charge in [0, 0.05) is 30.7 Å². The van der Waals surface area contributed by atoms with Gasteiger partial charge in [0.05, 0.1) is 6.61 Å². The molecule has 1 unspecified atom stereocenters. The van der Waals surface area contributed by atoms with Crippen LogP contribution in [-0.2, 0) is 19.1 Å². The minimum atomic E-state index is -1.39. The van der Waals surface area contributed by atoms with E-state index < -0.39 is 17.4 Å². The molecule has 3 N–H and O–H groups in total. The van der Waals surface area contributed by atoms with Gasteiger partial charge in [-0.2, -0.15) is 0 Å². The van der Waals surface area contributed by atoms with Crippen molar-refractivity contribution in [3.05, 3.63) is 24.3 Å². The van der Waals surface area contributed by atoms with Crippen LogP contribution in [0.25, 0.3) is 0 Å². The van der Waals surface area contributed by atoms with E-state index in [1.807, 2.05) is 0 Å². The van der Waals surface area contributed by atoms with Gasteiger partial charge >= 0.3 is 5.97 Å². The number of carboxylic acids is 1. The summed E-state index contributed by atoms with van der Waals surface area (Å²) in [6.07, 6.45) is 2.05. The number of hydrogen-bond donors (Lipinski definition) is 3. The van der Waals surface area contributed by atoms with Gasteiger partial charge in [-0.15, -0.1) is 0 Å². The van der Waals surface area contributed by atoms with Crippen molar-refractivity contribution in [2.45, 2.75) is 24.8 Å². The van der Waals surface area contributed by atoms with Gasteiger partial charge in [0.2, 0.25) is 5.91 Å². The lowest BCUT2D eigenvalue weighted by Crippen LogP contribution is -2.56. The molecule has 2 amide bonds. The van der Waals surface area contributed by atoms with Crippen LogP contribution < -0.4 is 15.4 Å². The number of rotatable bonds is 7. The summed E-state index contributed by atoms with van der Waals surface area (Å²) in [4.78, 5) is 35.1. The topological polar surface area (TPSA) is 114 Å². The Morgan fingerprint density at radius 3 is 2.76 bits per heavy atom. The molecule has 1 aromatic rings. The van der Waals surface area contributed by atoms with Crippen molar-refractivity contribution >= 4 is 23.5 Å². The lowest BCUT2D eigenvalue weighted by Gasteiger charge is -2.23. The average Bonchev–Trinajstić information content (AvgIpc) is 3.33. The first kappa shape index (κ1) is 17.2. The van der Waals surface area contributed by atoms with Crippen molar-refractivity contribution in [3.8, 4) is 5.75 Å². The number of hydrogen-bond acceptors (Lipinski definition) is 5. The second kappa shape index (κ2) is 7.10. The zero-order valence-electron chi connectivity index (χ0n) is 13.6. The maximum Gasteiger partial charge on any atom is 0.331 e. The Morgan fingerprint density at radius 1 is 1.32 bits per heavy atom. The molecule has 134 valence electrons. The summed E-state index contributed by atoms with van der Waals surface area (Å²) < 4.78 is 10.5. The van der Waals surface area contributed by atoms with Crippen molar-refractivity contribution in [1.82, 2.24) is 5.32 Å². The summed E-state index contributed by atoms with van der Waals surface area (Å²) in [6, 6.07) is 6.73. The molecule has 0 spiro atoms. The van der Waals surface area contributed by atoms with E-state index in [0.717, 1.165) is 12.8 Å². The molecule has 8 heteroatoms. The molecule has 0 aromatic heterocycles. The predicted molar refractivity (Wildman–Crippen MR) is 87.2 cm³/mol. The fourth-order valence-electron chi connectivity index (χ4n) is 2.59. The third-order valence-corrected chi connectivity index (χ3v) is 4.23. The van der Waals surface area contributed by atoms with Gasteiger partial charge in [-0.1, -0.05) is 6.07 Å². The molecule has 0 radical (unpaired) electrons. The molecule has 1 saturated heterocycles. The van der Waals surface area contributed by atoms with E-state index in [1.54, 1.807) is 24.3 Å². The number of carbonyl (C=O) groups excluding carboxylic acids is 2. The van der Waals surface area contributed by atoms with Crippen LogP contribution in [0.3, 0.4) is 0 Å². The Labute approximate surface area is 144 Å². The van der Waals surface area contributed by atoms with Gasteiger partial charge in [0.25, 0.3) is 5.91 Å². The molecule has 2 aliphatic rings. The number of anilines is 1. The Hall–Kier alpha value is -2.61. The number of amides is 2. The van der Waals surface area contributed by atoms with Crippen LogP contribution in [0.4, 0.5) is 5.69 Å². The number of nitrogens with one attached hydrogen (secondary N) is 2. The maximum atomic E-state index is 12.0. The highest BCUT2D eigenvalue weighted by molar-refractivity contribution is 5.94. The van der Waals surface area contributed by atoms with Crippen LogP contribution in [0, 0.1) is 5.92 Å². The summed E-state index contributed by atoms with van der Waals surface area (Å²) >= 11 is 0. The lowest BCUT2D eigenvalue weighted by molar-refractivity contribution is -0.148. The fraction of sp³-hybridized carbons (Fsp3) is 0.471. The van der Waals surface area contributed by atoms with E-state index in [1.165, 1.54) is 0 Å². The first-order chi connectivity index (χ1) is 12.0. The van der Waals surface area contributed by atoms with E-state index >= 15 is 0 Å². The Morgan fingerprint density at radius 2 is 2.12 bits per heavy atom. The SMILES string of the molecule is O=C(COc1cccc(NC(=O)C2CC2)c1)NC1(C(=O)O)CCOC1. The zero-order chi connectivity index (χ0) is 17.9. The Balaban J connectivity index is 1.53. The molecule has 1 saturated carbocycles. The predicted octanol–water partition coefficient (Wildman–Crippen LogP) is 0.774. The van der Waals surface area contributed by atoms with Gasteiger partial charge in [0.1, 0.15) is 5.75 Å². The van der Waals surface area contributed by atoms with Gasteiger partial charge in [-0.05, 0) is 25.0 Å². The van der Waals surface area contributed by atoms with Gasteiger partial charge in [-0.25, -0.2) is 4.79 Å². The van der Waals surface area contributed by atoms with Gasteiger partial charge in [-0.3, -0.25) is 9.59 Å². The number of ether oxygens (including phenoxy) is 2. The quantitative estimate of drug-likeness (QED) is 0.671. The lowest BCUT2D eigenvalue weighted by atomic mass is 9.99. The molecular weight excluding hydrogens is 328 g/mol. The minimum Gasteiger partial charge on any atom is -0.484 e. The van der Waals surface area contributed by atoms with Crippen LogP contribution in [0.5, 0.6) is 5.75 Å². The Kier molecular flexibility index (Phi) is 4.89. The van der Waals surface area contributed by atoms with Crippen molar-refractivity contribution in [1.29, 1.82) is 0 Å². The van der Waals surface area contributed by atoms with Crippen LogP contribution >= 0.6 is 0 Å². The smallest absolute Gasteiger partial charge is 0.331 e. The highest BCUT2D eigenvalue weighted by atomic mass is 16.5. The van der Waals surface area contributed by atoms with E-state index in [4.69, 9.17) is 9.47 Å². The molecule has 0 bridgehead atoms. The van der Waals surface area contributed by atoms with Crippen molar-refractivity contribution in [2.24, 2.45) is 5.92 Å². The molecule has 25 heavy (non-hydrogen) atoms. The summed E-state index contributed by atoms with van der Waals surface area (Å²) in [7, 11) is 0. The molecular formula is C17H20N2O6. The summed E-state index contributed by atoms with van der Waals surface area (Å²) in [6.45, 7) is -0.0953. The minimum absolute atomic E-state index is 0.0143. The highest BCUT2D eigenvalue weighted by Gasteiger charge is 2.43. The first-order valence-electron chi connectivity index (χ1n) is 8.14. The van der Waals surface area contributed by atoms with Crippen LogP contribution in [-0.4, -0.2) is 48.2 Å². The van der Waals surface area contributed by atoms with Crippen molar-refractivity contribution in [2.75, 3.05) is 25.1 Å². The highest BCUT2D eigenvalue weighted by Crippen LogP contribution is 2.30. The molecule has 8 nitrogen and oxygen atoms in total. The molecule has 1 aliphatic carbocycles. The van der Waals surface area contributed by atoms with Crippen LogP contribution in [0.1, 0.15) is 19.3 Å². The standard InChI is InChI=1S/C17H20N2O6/c20-14(19-17(16(22)23)6-7-24-10-17)9-25-13-3-1-2-12(8-13)18-15(21)11-4-5-11/h1-3,8,11H,4-7,9-10H2,(H,18,21)(H,19,20)(H,22,23). The number of aliphatic carboxylic acids is 1. The number of benzene rings is 1.